The molecule has 0 saturated heterocycles. The molecule has 0 aliphatic heterocycles. The summed E-state index contributed by atoms with van der Waals surface area (Å²) in [5.74, 6) is 2.51. The summed E-state index contributed by atoms with van der Waals surface area (Å²) < 4.78 is 6.03. The first kappa shape index (κ1) is 16.3. The highest BCUT2D eigenvalue weighted by Gasteiger charge is 2.38. The Hall–Kier alpha value is -0.0800. The van der Waals surface area contributed by atoms with E-state index in [0.717, 1.165) is 17.8 Å². The average Bonchev–Trinajstić information content (AvgIpc) is 2.53. The first-order valence-corrected chi connectivity index (χ1v) is 9.01. The van der Waals surface area contributed by atoms with Crippen LogP contribution in [0, 0.1) is 17.8 Å². The number of hydrogen-bond acceptors (Lipinski definition) is 2. The molecule has 20 heavy (non-hydrogen) atoms. The lowest BCUT2D eigenvalue weighted by Crippen LogP contribution is -2.51. The first-order valence-electron chi connectivity index (χ1n) is 9.01. The molecule has 0 heterocycles. The van der Waals surface area contributed by atoms with Crippen molar-refractivity contribution in [3.63, 3.8) is 0 Å². The molecule has 2 aliphatic rings. The average molecular weight is 281 g/mol. The minimum atomic E-state index is 0.428. The highest BCUT2D eigenvalue weighted by molar-refractivity contribution is 4.92. The maximum absolute atomic E-state index is 6.03. The molecule has 0 aromatic carbocycles. The third-order valence-electron chi connectivity index (χ3n) is 6.03. The minimum Gasteiger partial charge on any atom is -0.380 e. The van der Waals surface area contributed by atoms with E-state index < -0.39 is 0 Å². The van der Waals surface area contributed by atoms with Gasteiger partial charge in [0.15, 0.2) is 0 Å². The van der Waals surface area contributed by atoms with Crippen molar-refractivity contribution in [1.29, 1.82) is 0 Å². The lowest BCUT2D eigenvalue weighted by atomic mass is 9.70. The van der Waals surface area contributed by atoms with Crippen LogP contribution in [0.5, 0.6) is 0 Å². The van der Waals surface area contributed by atoms with Crippen LogP contribution in [-0.4, -0.2) is 26.3 Å². The van der Waals surface area contributed by atoms with Crippen LogP contribution in [0.1, 0.15) is 71.1 Å². The van der Waals surface area contributed by atoms with E-state index in [0.29, 0.717) is 12.1 Å². The molecule has 4 atom stereocenters. The lowest BCUT2D eigenvalue weighted by molar-refractivity contribution is -0.0212. The molecular formula is C18H35NO. The van der Waals surface area contributed by atoms with Gasteiger partial charge in [0.2, 0.25) is 0 Å². The van der Waals surface area contributed by atoms with Crippen LogP contribution in [0.15, 0.2) is 0 Å². The fourth-order valence-electron chi connectivity index (χ4n) is 4.93. The third-order valence-corrected chi connectivity index (χ3v) is 6.03. The maximum atomic E-state index is 6.03. The molecule has 0 spiro atoms. The van der Waals surface area contributed by atoms with Crippen LogP contribution < -0.4 is 5.32 Å². The Bertz CT molecular complexity index is 262. The standard InChI is InChI=1S/C18H35NO/c1-4-14-10-8-9-13-16(14)17(19-2)18(20-3)15-11-6-5-7-12-15/h14-19H,4-13H2,1-3H3. The van der Waals surface area contributed by atoms with Crippen LogP contribution in [0.2, 0.25) is 0 Å². The maximum Gasteiger partial charge on any atom is 0.0755 e. The van der Waals surface area contributed by atoms with Gasteiger partial charge in [-0.2, -0.15) is 0 Å². The molecule has 0 bridgehead atoms. The Morgan fingerprint density at radius 2 is 1.65 bits per heavy atom. The molecule has 4 unspecified atom stereocenters. The lowest BCUT2D eigenvalue weighted by Gasteiger charge is -2.43. The van der Waals surface area contributed by atoms with Crippen molar-refractivity contribution >= 4 is 0 Å². The van der Waals surface area contributed by atoms with Gasteiger partial charge in [-0.05, 0) is 44.1 Å². The number of nitrogens with one attached hydrogen (secondary N) is 1. The highest BCUT2D eigenvalue weighted by Crippen LogP contribution is 2.39. The Kier molecular flexibility index (Phi) is 6.83. The SMILES string of the molecule is CCC1CCCCC1C(NC)C(OC)C1CCCCC1. The summed E-state index contributed by atoms with van der Waals surface area (Å²) in [6.45, 7) is 2.37. The van der Waals surface area contributed by atoms with E-state index in [2.05, 4.69) is 19.3 Å². The molecule has 0 aromatic heterocycles. The van der Waals surface area contributed by atoms with Gasteiger partial charge in [0, 0.05) is 13.2 Å². The molecular weight excluding hydrogens is 246 g/mol. The van der Waals surface area contributed by atoms with Crippen LogP contribution in [-0.2, 0) is 4.74 Å². The smallest absolute Gasteiger partial charge is 0.0755 e. The largest absolute Gasteiger partial charge is 0.380 e. The van der Waals surface area contributed by atoms with Crippen molar-refractivity contribution in [3.8, 4) is 0 Å². The van der Waals surface area contributed by atoms with Gasteiger partial charge in [0.05, 0.1) is 6.10 Å². The van der Waals surface area contributed by atoms with Crippen LogP contribution in [0.25, 0.3) is 0 Å². The number of ether oxygens (including phenoxy) is 1. The second-order valence-electron chi connectivity index (χ2n) is 7.03. The molecule has 2 saturated carbocycles. The van der Waals surface area contributed by atoms with Crippen molar-refractivity contribution in [3.05, 3.63) is 0 Å². The van der Waals surface area contributed by atoms with Crippen molar-refractivity contribution in [2.45, 2.75) is 83.3 Å². The monoisotopic (exact) mass is 281 g/mol. The number of likely N-dealkylation sites (N-methyl/N-ethyl adjacent to an activating group) is 1. The zero-order valence-corrected chi connectivity index (χ0v) is 13.9. The predicted octanol–water partition coefficient (Wildman–Crippen LogP) is 4.39. The Labute approximate surface area is 126 Å². The number of methoxy groups -OCH3 is 1. The minimum absolute atomic E-state index is 0.428. The molecule has 0 radical (unpaired) electrons. The van der Waals surface area contributed by atoms with Gasteiger partial charge in [-0.15, -0.1) is 0 Å². The summed E-state index contributed by atoms with van der Waals surface area (Å²) >= 11 is 0. The van der Waals surface area contributed by atoms with Gasteiger partial charge >= 0.3 is 0 Å². The number of rotatable bonds is 6. The van der Waals surface area contributed by atoms with E-state index >= 15 is 0 Å². The van der Waals surface area contributed by atoms with E-state index in [4.69, 9.17) is 4.74 Å². The zero-order valence-electron chi connectivity index (χ0n) is 13.9. The molecule has 2 heteroatoms. The summed E-state index contributed by atoms with van der Waals surface area (Å²) in [4.78, 5) is 0. The zero-order chi connectivity index (χ0) is 14.4. The molecule has 118 valence electrons. The van der Waals surface area contributed by atoms with Crippen molar-refractivity contribution < 1.29 is 4.74 Å². The Morgan fingerprint density at radius 3 is 2.25 bits per heavy atom. The van der Waals surface area contributed by atoms with E-state index in [1.54, 1.807) is 0 Å². The van der Waals surface area contributed by atoms with Gasteiger partial charge < -0.3 is 10.1 Å². The normalized spacial score (nSPS) is 31.9. The van der Waals surface area contributed by atoms with Crippen molar-refractivity contribution in [1.82, 2.24) is 5.32 Å². The van der Waals surface area contributed by atoms with Crippen molar-refractivity contribution in [2.75, 3.05) is 14.2 Å². The molecule has 0 aromatic rings. The summed E-state index contributed by atoms with van der Waals surface area (Å²) in [7, 11) is 4.09. The molecule has 2 fully saturated rings. The van der Waals surface area contributed by atoms with Gasteiger partial charge in [0.1, 0.15) is 0 Å². The first-order chi connectivity index (χ1) is 9.81. The van der Waals surface area contributed by atoms with E-state index in [-0.39, 0.29) is 0 Å². The van der Waals surface area contributed by atoms with Gasteiger partial charge in [-0.1, -0.05) is 51.9 Å². The fourth-order valence-corrected chi connectivity index (χ4v) is 4.93. The van der Waals surface area contributed by atoms with Gasteiger partial charge in [-0.25, -0.2) is 0 Å². The van der Waals surface area contributed by atoms with Crippen LogP contribution in [0.3, 0.4) is 0 Å². The van der Waals surface area contributed by atoms with Crippen LogP contribution in [0.4, 0.5) is 0 Å². The second-order valence-corrected chi connectivity index (χ2v) is 7.03. The molecule has 0 amide bonds. The highest BCUT2D eigenvalue weighted by atomic mass is 16.5. The predicted molar refractivity (Wildman–Crippen MR) is 86.0 cm³/mol. The van der Waals surface area contributed by atoms with E-state index in [1.807, 2.05) is 7.11 Å². The fraction of sp³-hybridized carbons (Fsp3) is 1.00. The quantitative estimate of drug-likeness (QED) is 0.780. The summed E-state index contributed by atoms with van der Waals surface area (Å²) in [5, 5.41) is 3.66. The third kappa shape index (κ3) is 3.76. The summed E-state index contributed by atoms with van der Waals surface area (Å²) in [6.07, 6.45) is 14.4. The van der Waals surface area contributed by atoms with Gasteiger partial charge in [-0.3, -0.25) is 0 Å². The topological polar surface area (TPSA) is 21.3 Å². The molecule has 2 nitrogen and oxygen atoms in total. The van der Waals surface area contributed by atoms with Crippen LogP contribution >= 0.6 is 0 Å². The van der Waals surface area contributed by atoms with E-state index in [1.165, 1.54) is 64.2 Å². The number of hydrogen-bond donors (Lipinski definition) is 1. The Morgan fingerprint density at radius 1 is 1.00 bits per heavy atom. The second kappa shape index (κ2) is 8.38. The molecule has 2 aliphatic carbocycles. The van der Waals surface area contributed by atoms with Crippen molar-refractivity contribution in [2.24, 2.45) is 17.8 Å². The summed E-state index contributed by atoms with van der Waals surface area (Å²) in [6, 6.07) is 0.563. The summed E-state index contributed by atoms with van der Waals surface area (Å²) in [5.41, 5.74) is 0. The molecule has 2 rings (SSSR count). The Balaban J connectivity index is 2.06. The molecule has 1 N–H and O–H groups in total. The van der Waals surface area contributed by atoms with E-state index in [9.17, 15) is 0 Å². The van der Waals surface area contributed by atoms with Gasteiger partial charge in [0.25, 0.3) is 0 Å².